The molecule has 0 bridgehead atoms. The quantitative estimate of drug-likeness (QED) is 0.199. The molecule has 0 amide bonds. The molecule has 0 radical (unpaired) electrons. The summed E-state index contributed by atoms with van der Waals surface area (Å²) in [5.74, 6) is 0. The monoisotopic (exact) mass is 468 g/mol. The Hall–Kier alpha value is -3.12. The van der Waals surface area contributed by atoms with Crippen LogP contribution in [0, 0.1) is 0 Å². The van der Waals surface area contributed by atoms with Crippen LogP contribution in [0.1, 0.15) is 71.9 Å². The molecule has 0 spiro atoms. The predicted molar refractivity (Wildman–Crippen MR) is 155 cm³/mol. The average molecular weight is 469 g/mol. The van der Waals surface area contributed by atoms with E-state index in [4.69, 9.17) is 0 Å². The lowest BCUT2D eigenvalue weighted by atomic mass is 9.72. The molecule has 0 saturated heterocycles. The van der Waals surface area contributed by atoms with Crippen LogP contribution in [-0.2, 0) is 38.5 Å². The molecule has 0 aromatic heterocycles. The van der Waals surface area contributed by atoms with Gasteiger partial charge in [-0.25, -0.2) is 0 Å². The van der Waals surface area contributed by atoms with Gasteiger partial charge in [0.05, 0.1) is 0 Å². The van der Waals surface area contributed by atoms with E-state index in [9.17, 15) is 0 Å². The van der Waals surface area contributed by atoms with Gasteiger partial charge in [0, 0.05) is 0 Å². The highest BCUT2D eigenvalue weighted by Gasteiger charge is 2.27. The van der Waals surface area contributed by atoms with Crippen LogP contribution in [0.3, 0.4) is 0 Å². The number of fused-ring (bicyclic) bond motifs is 12. The Morgan fingerprint density at radius 1 is 0.250 bits per heavy atom. The Kier molecular flexibility index (Phi) is 5.77. The van der Waals surface area contributed by atoms with Gasteiger partial charge in [-0.1, -0.05) is 72.8 Å². The zero-order chi connectivity index (χ0) is 23.9. The van der Waals surface area contributed by atoms with Crippen molar-refractivity contribution in [1.82, 2.24) is 0 Å². The van der Waals surface area contributed by atoms with Gasteiger partial charge in [0.15, 0.2) is 0 Å². The van der Waals surface area contributed by atoms with Crippen molar-refractivity contribution in [2.24, 2.45) is 0 Å². The van der Waals surface area contributed by atoms with Gasteiger partial charge in [-0.3, -0.25) is 0 Å². The molecule has 5 aromatic carbocycles. The van der Waals surface area contributed by atoms with Crippen LogP contribution in [0.4, 0.5) is 0 Å². The molecule has 0 aliphatic heterocycles. The first kappa shape index (κ1) is 22.1. The summed E-state index contributed by atoms with van der Waals surface area (Å²) in [5, 5.41) is 8.04. The zero-order valence-electron chi connectivity index (χ0n) is 21.4. The van der Waals surface area contributed by atoms with Crippen molar-refractivity contribution < 1.29 is 0 Å². The SMILES string of the molecule is C1CCc2c(c3c(c4c2CCCC4)CCCC3)C1.c1ccc2c(c1)c1ccccc1c1ccccc21. The highest BCUT2D eigenvalue weighted by Crippen LogP contribution is 2.40. The predicted octanol–water partition coefficient (Wildman–Crippen LogP) is 9.47. The maximum atomic E-state index is 2.21. The Morgan fingerprint density at radius 3 is 0.583 bits per heavy atom. The number of benzene rings is 5. The molecule has 0 fully saturated rings. The number of rotatable bonds is 0. The average Bonchev–Trinajstić information content (AvgIpc) is 2.98. The Balaban J connectivity index is 0.000000122. The highest BCUT2D eigenvalue weighted by atomic mass is 14.3. The molecule has 180 valence electrons. The lowest BCUT2D eigenvalue weighted by Gasteiger charge is -2.33. The van der Waals surface area contributed by atoms with Gasteiger partial charge in [0.1, 0.15) is 0 Å². The van der Waals surface area contributed by atoms with Crippen molar-refractivity contribution in [3.05, 3.63) is 106 Å². The van der Waals surface area contributed by atoms with E-state index < -0.39 is 0 Å². The van der Waals surface area contributed by atoms with Crippen LogP contribution >= 0.6 is 0 Å². The van der Waals surface area contributed by atoms with Crippen molar-refractivity contribution in [3.63, 3.8) is 0 Å². The molecular formula is C36H36. The maximum Gasteiger partial charge on any atom is -0.00990 e. The Bertz CT molecular complexity index is 1230. The number of hydrogen-bond donors (Lipinski definition) is 0. The fourth-order valence-corrected chi connectivity index (χ4v) is 7.57. The maximum absolute atomic E-state index is 2.21. The van der Waals surface area contributed by atoms with Gasteiger partial charge < -0.3 is 0 Å². The first-order valence-electron chi connectivity index (χ1n) is 14.4. The number of hydrogen-bond acceptors (Lipinski definition) is 0. The van der Waals surface area contributed by atoms with Gasteiger partial charge in [-0.05, 0) is 143 Å². The summed E-state index contributed by atoms with van der Waals surface area (Å²) >= 11 is 0. The van der Waals surface area contributed by atoms with Crippen molar-refractivity contribution in [2.45, 2.75) is 77.0 Å². The molecule has 3 aliphatic rings. The third-order valence-corrected chi connectivity index (χ3v) is 9.15. The van der Waals surface area contributed by atoms with E-state index in [-0.39, 0.29) is 0 Å². The molecular weight excluding hydrogens is 432 g/mol. The van der Waals surface area contributed by atoms with Gasteiger partial charge in [0.2, 0.25) is 0 Å². The standard InChI is InChI=1S/C18H24.C18H12/c2*1-2-8-14-13(7-1)15-9-3-4-11-17(15)18-12-6-5-10-16(14)18/h1-12H2;1-12H. The summed E-state index contributed by atoms with van der Waals surface area (Å²) in [4.78, 5) is 0. The van der Waals surface area contributed by atoms with E-state index in [0.717, 1.165) is 0 Å². The molecule has 0 saturated carbocycles. The van der Waals surface area contributed by atoms with Crippen molar-refractivity contribution >= 4 is 32.3 Å². The van der Waals surface area contributed by atoms with E-state index in [0.29, 0.717) is 0 Å². The van der Waals surface area contributed by atoms with Gasteiger partial charge in [-0.2, -0.15) is 0 Å². The van der Waals surface area contributed by atoms with E-state index in [1.54, 1.807) is 0 Å². The van der Waals surface area contributed by atoms with Crippen LogP contribution < -0.4 is 0 Å². The first-order chi connectivity index (χ1) is 17.9. The normalized spacial score (nSPS) is 16.7. The lowest BCUT2D eigenvalue weighted by molar-refractivity contribution is 0.600. The molecule has 0 atom stereocenters. The molecule has 5 aromatic rings. The lowest BCUT2D eigenvalue weighted by Crippen LogP contribution is -2.20. The van der Waals surface area contributed by atoms with Crippen molar-refractivity contribution in [3.8, 4) is 0 Å². The molecule has 0 heterocycles. The second-order valence-electron chi connectivity index (χ2n) is 11.1. The fraction of sp³-hybridized carbons (Fsp3) is 0.333. The van der Waals surface area contributed by atoms with Crippen LogP contribution in [0.25, 0.3) is 32.3 Å². The van der Waals surface area contributed by atoms with Crippen LogP contribution in [0.5, 0.6) is 0 Å². The van der Waals surface area contributed by atoms with E-state index in [1.807, 2.05) is 33.4 Å². The minimum Gasteiger partial charge on any atom is -0.0616 e. The Morgan fingerprint density at radius 2 is 0.417 bits per heavy atom. The molecule has 3 aliphatic carbocycles. The summed E-state index contributed by atoms with van der Waals surface area (Å²) in [6.45, 7) is 0. The van der Waals surface area contributed by atoms with E-state index in [1.165, 1.54) is 109 Å². The van der Waals surface area contributed by atoms with Gasteiger partial charge in [0.25, 0.3) is 0 Å². The van der Waals surface area contributed by atoms with Gasteiger partial charge >= 0.3 is 0 Å². The second kappa shape index (κ2) is 9.40. The topological polar surface area (TPSA) is 0 Å². The second-order valence-corrected chi connectivity index (χ2v) is 11.1. The summed E-state index contributed by atoms with van der Waals surface area (Å²) in [5.41, 5.74) is 11.0. The van der Waals surface area contributed by atoms with Crippen molar-refractivity contribution in [2.75, 3.05) is 0 Å². The molecule has 0 heteroatoms. The summed E-state index contributed by atoms with van der Waals surface area (Å²) in [6.07, 6.45) is 17.0. The molecule has 0 nitrogen and oxygen atoms in total. The summed E-state index contributed by atoms with van der Waals surface area (Å²) in [6, 6.07) is 26.0. The molecule has 36 heavy (non-hydrogen) atoms. The fourth-order valence-electron chi connectivity index (χ4n) is 7.57. The van der Waals surface area contributed by atoms with Crippen LogP contribution in [0.2, 0.25) is 0 Å². The smallest absolute Gasteiger partial charge is 0.00990 e. The van der Waals surface area contributed by atoms with E-state index in [2.05, 4.69) is 72.8 Å². The summed E-state index contributed by atoms with van der Waals surface area (Å²) in [7, 11) is 0. The molecule has 0 unspecified atom stereocenters. The highest BCUT2D eigenvalue weighted by molar-refractivity contribution is 6.25. The Labute approximate surface area is 215 Å². The van der Waals surface area contributed by atoms with Crippen LogP contribution in [-0.4, -0.2) is 0 Å². The minimum atomic E-state index is 1.34. The summed E-state index contributed by atoms with van der Waals surface area (Å²) < 4.78 is 0. The zero-order valence-corrected chi connectivity index (χ0v) is 21.4. The minimum absolute atomic E-state index is 1.34. The van der Waals surface area contributed by atoms with Crippen molar-refractivity contribution in [1.29, 1.82) is 0 Å². The van der Waals surface area contributed by atoms with Crippen LogP contribution in [0.15, 0.2) is 72.8 Å². The molecule has 0 N–H and O–H groups in total. The largest absolute Gasteiger partial charge is 0.0616 e. The molecule has 8 rings (SSSR count). The van der Waals surface area contributed by atoms with E-state index >= 15 is 0 Å². The van der Waals surface area contributed by atoms with Gasteiger partial charge in [-0.15, -0.1) is 0 Å². The third kappa shape index (κ3) is 3.65. The third-order valence-electron chi connectivity index (χ3n) is 9.15. The first-order valence-corrected chi connectivity index (χ1v) is 14.4.